The topological polar surface area (TPSA) is 60.8 Å². The number of allylic oxidation sites excluding steroid dienone is 4. The summed E-state index contributed by atoms with van der Waals surface area (Å²) in [6, 6.07) is 29.5. The number of rotatable bonds is 7. The third-order valence-corrected chi connectivity index (χ3v) is 15.8. The predicted octanol–water partition coefficient (Wildman–Crippen LogP) is 9.08. The molecule has 6 aliphatic carbocycles. The van der Waals surface area contributed by atoms with Gasteiger partial charge >= 0.3 is 0 Å². The molecule has 0 radical (unpaired) electrons. The zero-order valence-electron chi connectivity index (χ0n) is 30.6. The van der Waals surface area contributed by atoms with Crippen molar-refractivity contribution in [3.05, 3.63) is 120 Å². The zero-order valence-corrected chi connectivity index (χ0v) is 30.6. The van der Waals surface area contributed by atoms with Crippen LogP contribution < -0.4 is 0 Å². The van der Waals surface area contributed by atoms with Crippen molar-refractivity contribution in [3.63, 3.8) is 0 Å². The lowest BCUT2D eigenvalue weighted by molar-refractivity contribution is -0.177. The molecule has 1 heterocycles. The number of aliphatic hydroxyl groups excluding tert-OH is 1. The molecule has 266 valence electrons. The number of aliphatic hydroxyl groups is 2. The number of Topliss-reactive ketones (excluding diaryl/α,β-unsaturated/α-hetero) is 1. The van der Waals surface area contributed by atoms with E-state index < -0.39 is 11.0 Å². The average Bonchev–Trinajstić information content (AvgIpc) is 3.42. The molecule has 3 aromatic carbocycles. The van der Waals surface area contributed by atoms with Crippen molar-refractivity contribution < 1.29 is 15.0 Å². The summed E-state index contributed by atoms with van der Waals surface area (Å²) in [5.41, 5.74) is 3.51. The second kappa shape index (κ2) is 12.1. The summed E-state index contributed by atoms with van der Waals surface area (Å²) in [5.74, 6) is 1.32. The Labute approximate surface area is 304 Å². The van der Waals surface area contributed by atoms with E-state index >= 15 is 4.79 Å². The molecule has 51 heavy (non-hydrogen) atoms. The van der Waals surface area contributed by atoms with Gasteiger partial charge in [-0.25, -0.2) is 0 Å². The Hall–Kier alpha value is -3.31. The van der Waals surface area contributed by atoms with Gasteiger partial charge in [0.1, 0.15) is 0 Å². The molecule has 2 bridgehead atoms. The highest BCUT2D eigenvalue weighted by molar-refractivity contribution is 6.10. The van der Waals surface area contributed by atoms with Gasteiger partial charge in [0, 0.05) is 33.9 Å². The molecule has 1 unspecified atom stereocenters. The number of piperidine rings is 1. The van der Waals surface area contributed by atoms with Gasteiger partial charge in [0.2, 0.25) is 0 Å². The number of ketones is 1. The van der Waals surface area contributed by atoms with Gasteiger partial charge in [0.05, 0.1) is 11.7 Å². The van der Waals surface area contributed by atoms with E-state index in [0.717, 1.165) is 86.8 Å². The minimum atomic E-state index is -0.793. The number of hydrogen-bond donors (Lipinski definition) is 2. The smallest absolute Gasteiger partial charge is 0.189 e. The molecule has 4 nitrogen and oxygen atoms in total. The summed E-state index contributed by atoms with van der Waals surface area (Å²) in [5, 5.41) is 24.0. The monoisotopic (exact) mass is 681 g/mol. The van der Waals surface area contributed by atoms with Crippen molar-refractivity contribution in [1.82, 2.24) is 4.90 Å². The van der Waals surface area contributed by atoms with Crippen LogP contribution in [0.5, 0.6) is 0 Å². The normalized spacial score (nSPS) is 38.8. The van der Waals surface area contributed by atoms with Gasteiger partial charge in [0.15, 0.2) is 5.78 Å². The maximum Gasteiger partial charge on any atom is 0.189 e. The van der Waals surface area contributed by atoms with Crippen molar-refractivity contribution in [3.8, 4) is 11.1 Å². The van der Waals surface area contributed by atoms with E-state index in [1.165, 1.54) is 18.4 Å². The van der Waals surface area contributed by atoms with Crippen LogP contribution in [0.3, 0.4) is 0 Å². The van der Waals surface area contributed by atoms with Crippen molar-refractivity contribution in [2.24, 2.45) is 39.4 Å². The van der Waals surface area contributed by atoms with Gasteiger partial charge in [-0.1, -0.05) is 117 Å². The number of hydrogen-bond acceptors (Lipinski definition) is 4. The van der Waals surface area contributed by atoms with E-state index in [9.17, 15) is 10.2 Å². The molecule has 8 atom stereocenters. The Balaban J connectivity index is 1.03. The third kappa shape index (κ3) is 4.99. The Morgan fingerprint density at radius 2 is 1.37 bits per heavy atom. The number of likely N-dealkylation sites (tertiary alicyclic amines) is 1. The second-order valence-electron chi connectivity index (χ2n) is 18.0. The predicted molar refractivity (Wildman–Crippen MR) is 204 cm³/mol. The molecule has 7 aliphatic rings. The summed E-state index contributed by atoms with van der Waals surface area (Å²) in [4.78, 5) is 17.6. The standard InChI is InChI=1S/C47H55NO3/c1-43-22-17-38(49)30-45(43)25-26-47(39(31-45)42(50)37-15-13-36(14-16-37)35-11-7-4-8-12-35)40(43)18-23-44(2)41(47)19-24-46(44,51)32-48-27-20-34(21-28-48)29-33-9-5-3-6-10-33/h3-16,25-26,31,34,38,40-41,49,51H,17-24,27-30,32H2,1-2H3/t38?,40-,41-,43-,44+,45+,46-,47-/m1/s1. The summed E-state index contributed by atoms with van der Waals surface area (Å²) in [6.07, 6.45) is 16.5. The number of nitrogens with zero attached hydrogens (tertiary/aromatic N) is 1. The third-order valence-electron chi connectivity index (χ3n) is 15.8. The van der Waals surface area contributed by atoms with Crippen LogP contribution in [0.15, 0.2) is 109 Å². The fourth-order valence-corrected chi connectivity index (χ4v) is 12.9. The van der Waals surface area contributed by atoms with Crippen molar-refractivity contribution in [2.45, 2.75) is 89.8 Å². The Morgan fingerprint density at radius 1 is 0.745 bits per heavy atom. The lowest BCUT2D eigenvalue weighted by atomic mass is 9.32. The molecule has 4 fully saturated rings. The highest BCUT2D eigenvalue weighted by Crippen LogP contribution is 2.78. The van der Waals surface area contributed by atoms with Crippen LogP contribution in [0.25, 0.3) is 11.1 Å². The van der Waals surface area contributed by atoms with E-state index in [0.29, 0.717) is 18.3 Å². The van der Waals surface area contributed by atoms with Gasteiger partial charge in [-0.15, -0.1) is 0 Å². The molecule has 1 aliphatic heterocycles. The van der Waals surface area contributed by atoms with Gasteiger partial charge < -0.3 is 15.1 Å². The largest absolute Gasteiger partial charge is 0.393 e. The average molecular weight is 682 g/mol. The molecule has 3 saturated carbocycles. The number of β-amino-alcohol motifs (C(OH)–C–C–N with tert-alkyl or cyclic N) is 1. The SMILES string of the molecule is C[C@]12CC[C@H]3[C@]4(C=C[C@@]5(C=C4C(=O)c4ccc(-c6ccccc6)cc4)CC(O)CC[C@]35C)[C@@H]1CC[C@@]2(O)CN1CCC(Cc2ccccc2)CC1. The maximum absolute atomic E-state index is 15.0. The Kier molecular flexibility index (Phi) is 7.96. The fourth-order valence-electron chi connectivity index (χ4n) is 12.9. The first-order valence-corrected chi connectivity index (χ1v) is 19.9. The molecule has 4 heteroatoms. The number of carbonyl (C=O) groups excluding carboxylic acids is 1. The van der Waals surface area contributed by atoms with Gasteiger partial charge in [0.25, 0.3) is 0 Å². The lowest BCUT2D eigenvalue weighted by Crippen LogP contribution is -2.67. The van der Waals surface area contributed by atoms with Gasteiger partial charge in [-0.05, 0) is 117 Å². The number of fused-ring (bicyclic) bond motifs is 1. The van der Waals surface area contributed by atoms with Crippen LogP contribution >= 0.6 is 0 Å². The first-order chi connectivity index (χ1) is 24.6. The van der Waals surface area contributed by atoms with Gasteiger partial charge in [-0.2, -0.15) is 0 Å². The molecule has 2 N–H and O–H groups in total. The van der Waals surface area contributed by atoms with Crippen molar-refractivity contribution >= 4 is 5.78 Å². The fraction of sp³-hybridized carbons (Fsp3) is 0.511. The quantitative estimate of drug-likeness (QED) is 0.193. The first kappa shape index (κ1) is 33.5. The van der Waals surface area contributed by atoms with E-state index in [-0.39, 0.29) is 34.1 Å². The lowest BCUT2D eigenvalue weighted by Gasteiger charge is -2.71. The van der Waals surface area contributed by atoms with Crippen LogP contribution in [0.1, 0.15) is 87.6 Å². The summed E-state index contributed by atoms with van der Waals surface area (Å²) < 4.78 is 0. The Bertz CT molecular complexity index is 1840. The maximum atomic E-state index is 15.0. The van der Waals surface area contributed by atoms with E-state index in [4.69, 9.17) is 0 Å². The first-order valence-electron chi connectivity index (χ1n) is 19.9. The molecule has 1 saturated heterocycles. The zero-order chi connectivity index (χ0) is 35.1. The molecule has 0 amide bonds. The van der Waals surface area contributed by atoms with E-state index in [1.807, 2.05) is 18.2 Å². The molecule has 2 spiro atoms. The highest BCUT2D eigenvalue weighted by Gasteiger charge is 2.74. The van der Waals surface area contributed by atoms with Crippen molar-refractivity contribution in [1.29, 1.82) is 0 Å². The minimum Gasteiger partial charge on any atom is -0.393 e. The van der Waals surface area contributed by atoms with E-state index in [2.05, 4.69) is 104 Å². The molecule has 10 rings (SSSR count). The highest BCUT2D eigenvalue weighted by atomic mass is 16.3. The summed E-state index contributed by atoms with van der Waals surface area (Å²) in [7, 11) is 0. The number of carbonyl (C=O) groups is 1. The van der Waals surface area contributed by atoms with Crippen LogP contribution in [0.4, 0.5) is 0 Å². The van der Waals surface area contributed by atoms with Crippen LogP contribution in [0.2, 0.25) is 0 Å². The molecular weight excluding hydrogens is 627 g/mol. The van der Waals surface area contributed by atoms with Crippen molar-refractivity contribution in [2.75, 3.05) is 19.6 Å². The van der Waals surface area contributed by atoms with Crippen LogP contribution in [-0.4, -0.2) is 52.2 Å². The summed E-state index contributed by atoms with van der Waals surface area (Å²) in [6.45, 7) is 7.66. The minimum absolute atomic E-state index is 0.0232. The van der Waals surface area contributed by atoms with E-state index in [1.54, 1.807) is 0 Å². The van der Waals surface area contributed by atoms with Gasteiger partial charge in [-0.3, -0.25) is 4.79 Å². The van der Waals surface area contributed by atoms with Crippen LogP contribution in [0, 0.1) is 39.4 Å². The Morgan fingerprint density at radius 3 is 2.10 bits per heavy atom. The molecule has 3 aromatic rings. The molecule has 0 aromatic heterocycles. The second-order valence-corrected chi connectivity index (χ2v) is 18.0. The number of benzene rings is 3. The van der Waals surface area contributed by atoms with Crippen LogP contribution in [-0.2, 0) is 6.42 Å². The molecular formula is C47H55NO3. The summed E-state index contributed by atoms with van der Waals surface area (Å²) >= 11 is 0.